The molecular formula is C15H20ClN3O3S. The van der Waals surface area contributed by atoms with Crippen LogP contribution in [0.5, 0.6) is 0 Å². The number of aryl methyl sites for hydroxylation is 1. The van der Waals surface area contributed by atoms with Crippen molar-refractivity contribution in [3.63, 3.8) is 0 Å². The fourth-order valence-corrected chi connectivity index (χ4v) is 3.54. The standard InChI is InChI=1S/C15H20ClN3O3S/c16-15-7-2-1-4-12(15)8-19-23(21,22)10-14(20)6-3-5-13-9-17-11-18-13/h1-2,4,7,9,11,14,19-20H,3,5-6,8,10H2,(H,17,18). The van der Waals surface area contributed by atoms with Crippen LogP contribution in [0.15, 0.2) is 36.8 Å². The largest absolute Gasteiger partial charge is 0.392 e. The Kier molecular flexibility index (Phi) is 6.59. The number of aromatic amines is 1. The number of sulfonamides is 1. The third-order valence-corrected chi connectivity index (χ3v) is 5.15. The molecule has 1 aromatic heterocycles. The SMILES string of the molecule is O=S(=O)(CC(O)CCCc1c[nH]cn1)NCc1ccccc1Cl. The molecule has 0 spiro atoms. The number of hydrogen-bond donors (Lipinski definition) is 3. The average molecular weight is 358 g/mol. The molecule has 0 amide bonds. The van der Waals surface area contributed by atoms with Crippen molar-refractivity contribution in [1.82, 2.24) is 14.7 Å². The Morgan fingerprint density at radius 3 is 2.83 bits per heavy atom. The van der Waals surface area contributed by atoms with E-state index in [2.05, 4.69) is 14.7 Å². The van der Waals surface area contributed by atoms with Crippen molar-refractivity contribution < 1.29 is 13.5 Å². The summed E-state index contributed by atoms with van der Waals surface area (Å²) >= 11 is 5.98. The van der Waals surface area contributed by atoms with Crippen LogP contribution in [0.2, 0.25) is 5.02 Å². The lowest BCUT2D eigenvalue weighted by Crippen LogP contribution is -2.32. The number of rotatable bonds is 9. The fraction of sp³-hybridized carbons (Fsp3) is 0.400. The van der Waals surface area contributed by atoms with Crippen LogP contribution in [-0.2, 0) is 23.0 Å². The van der Waals surface area contributed by atoms with Gasteiger partial charge >= 0.3 is 0 Å². The van der Waals surface area contributed by atoms with Gasteiger partial charge in [-0.25, -0.2) is 18.1 Å². The van der Waals surface area contributed by atoms with E-state index in [-0.39, 0.29) is 12.3 Å². The molecular weight excluding hydrogens is 338 g/mol. The zero-order valence-electron chi connectivity index (χ0n) is 12.6. The molecule has 0 fully saturated rings. The van der Waals surface area contributed by atoms with E-state index in [1.165, 1.54) is 0 Å². The number of nitrogens with one attached hydrogen (secondary N) is 2. The summed E-state index contributed by atoms with van der Waals surface area (Å²) in [5, 5.41) is 10.4. The maximum atomic E-state index is 12.0. The van der Waals surface area contributed by atoms with E-state index >= 15 is 0 Å². The van der Waals surface area contributed by atoms with Crippen LogP contribution in [-0.4, -0.2) is 35.3 Å². The van der Waals surface area contributed by atoms with Gasteiger partial charge in [0, 0.05) is 17.8 Å². The Hall–Kier alpha value is -1.41. The van der Waals surface area contributed by atoms with Gasteiger partial charge in [0.2, 0.25) is 10.0 Å². The molecule has 3 N–H and O–H groups in total. The topological polar surface area (TPSA) is 95.1 Å². The number of aliphatic hydroxyl groups is 1. The Bertz CT molecular complexity index is 705. The van der Waals surface area contributed by atoms with E-state index in [0.717, 1.165) is 5.69 Å². The molecule has 1 atom stereocenters. The number of hydrogen-bond acceptors (Lipinski definition) is 4. The highest BCUT2D eigenvalue weighted by Crippen LogP contribution is 2.15. The quantitative estimate of drug-likeness (QED) is 0.638. The van der Waals surface area contributed by atoms with Gasteiger partial charge in [-0.3, -0.25) is 0 Å². The molecule has 0 bridgehead atoms. The summed E-state index contributed by atoms with van der Waals surface area (Å²) < 4.78 is 26.4. The second-order valence-corrected chi connectivity index (χ2v) is 7.56. The lowest BCUT2D eigenvalue weighted by molar-refractivity contribution is 0.183. The first-order valence-corrected chi connectivity index (χ1v) is 9.36. The highest BCUT2D eigenvalue weighted by molar-refractivity contribution is 7.89. The van der Waals surface area contributed by atoms with E-state index in [1.807, 2.05) is 0 Å². The van der Waals surface area contributed by atoms with Crippen molar-refractivity contribution in [2.75, 3.05) is 5.75 Å². The molecule has 1 heterocycles. The molecule has 1 aromatic carbocycles. The van der Waals surface area contributed by atoms with E-state index in [9.17, 15) is 13.5 Å². The van der Waals surface area contributed by atoms with Gasteiger partial charge in [-0.2, -0.15) is 0 Å². The Morgan fingerprint density at radius 2 is 2.13 bits per heavy atom. The summed E-state index contributed by atoms with van der Waals surface area (Å²) in [4.78, 5) is 6.93. The Labute approximate surface area is 141 Å². The van der Waals surface area contributed by atoms with Crippen LogP contribution in [0.4, 0.5) is 0 Å². The van der Waals surface area contributed by atoms with Crippen molar-refractivity contribution >= 4 is 21.6 Å². The maximum absolute atomic E-state index is 12.0. The lowest BCUT2D eigenvalue weighted by Gasteiger charge is -2.12. The highest BCUT2D eigenvalue weighted by Gasteiger charge is 2.17. The van der Waals surface area contributed by atoms with Gasteiger partial charge in [0.05, 0.1) is 23.9 Å². The maximum Gasteiger partial charge on any atom is 0.214 e. The minimum atomic E-state index is -3.56. The first-order chi connectivity index (χ1) is 11.0. The molecule has 0 aliphatic heterocycles. The minimum absolute atomic E-state index is 0.113. The van der Waals surface area contributed by atoms with Crippen molar-refractivity contribution in [2.24, 2.45) is 0 Å². The van der Waals surface area contributed by atoms with Gasteiger partial charge in [-0.1, -0.05) is 29.8 Å². The van der Waals surface area contributed by atoms with Crippen molar-refractivity contribution in [3.05, 3.63) is 53.1 Å². The molecule has 2 rings (SSSR count). The molecule has 0 aliphatic rings. The van der Waals surface area contributed by atoms with Crippen LogP contribution >= 0.6 is 11.6 Å². The lowest BCUT2D eigenvalue weighted by atomic mass is 10.1. The first-order valence-electron chi connectivity index (χ1n) is 7.33. The first kappa shape index (κ1) is 17.9. The van der Waals surface area contributed by atoms with E-state index < -0.39 is 16.1 Å². The molecule has 126 valence electrons. The van der Waals surface area contributed by atoms with Gasteiger partial charge in [0.1, 0.15) is 0 Å². The molecule has 0 radical (unpaired) electrons. The van der Waals surface area contributed by atoms with Gasteiger partial charge in [0.25, 0.3) is 0 Å². The molecule has 0 saturated heterocycles. The zero-order valence-corrected chi connectivity index (χ0v) is 14.1. The number of H-pyrrole nitrogens is 1. The minimum Gasteiger partial charge on any atom is -0.392 e. The second kappa shape index (κ2) is 8.44. The highest BCUT2D eigenvalue weighted by atomic mass is 35.5. The summed E-state index contributed by atoms with van der Waals surface area (Å²) in [7, 11) is -3.56. The van der Waals surface area contributed by atoms with E-state index in [1.54, 1.807) is 36.8 Å². The van der Waals surface area contributed by atoms with Crippen LogP contribution in [0.25, 0.3) is 0 Å². The van der Waals surface area contributed by atoms with Crippen LogP contribution in [0.3, 0.4) is 0 Å². The van der Waals surface area contributed by atoms with Crippen LogP contribution in [0.1, 0.15) is 24.1 Å². The third kappa shape index (κ3) is 6.31. The Morgan fingerprint density at radius 1 is 1.35 bits per heavy atom. The molecule has 0 saturated carbocycles. The monoisotopic (exact) mass is 357 g/mol. The molecule has 2 aromatic rings. The van der Waals surface area contributed by atoms with Crippen LogP contribution in [0, 0.1) is 0 Å². The smallest absolute Gasteiger partial charge is 0.214 e. The fourth-order valence-electron chi connectivity index (χ4n) is 2.17. The van der Waals surface area contributed by atoms with E-state index in [0.29, 0.717) is 29.8 Å². The van der Waals surface area contributed by atoms with Crippen molar-refractivity contribution in [1.29, 1.82) is 0 Å². The Balaban J connectivity index is 1.75. The summed E-state index contributed by atoms with van der Waals surface area (Å²) in [6.07, 6.45) is 4.25. The van der Waals surface area contributed by atoms with Crippen LogP contribution < -0.4 is 4.72 Å². The number of aromatic nitrogens is 2. The number of benzene rings is 1. The summed E-state index contributed by atoms with van der Waals surface area (Å²) in [6.45, 7) is 0.113. The zero-order chi connectivity index (χ0) is 16.7. The van der Waals surface area contributed by atoms with Gasteiger partial charge < -0.3 is 10.1 Å². The van der Waals surface area contributed by atoms with Gasteiger partial charge in [-0.15, -0.1) is 0 Å². The molecule has 23 heavy (non-hydrogen) atoms. The van der Waals surface area contributed by atoms with Gasteiger partial charge in [0.15, 0.2) is 0 Å². The third-order valence-electron chi connectivity index (χ3n) is 3.38. The number of nitrogens with zero attached hydrogens (tertiary/aromatic N) is 1. The second-order valence-electron chi connectivity index (χ2n) is 5.30. The van der Waals surface area contributed by atoms with Gasteiger partial charge in [-0.05, 0) is 30.9 Å². The summed E-state index contributed by atoms with van der Waals surface area (Å²) in [5.74, 6) is -0.321. The van der Waals surface area contributed by atoms with Crippen molar-refractivity contribution in [2.45, 2.75) is 31.9 Å². The number of aliphatic hydroxyl groups excluding tert-OH is 1. The summed E-state index contributed by atoms with van der Waals surface area (Å²) in [5.41, 5.74) is 1.60. The summed E-state index contributed by atoms with van der Waals surface area (Å²) in [6, 6.07) is 7.03. The normalized spacial score (nSPS) is 13.1. The number of imidazole rings is 1. The molecule has 0 aliphatic carbocycles. The molecule has 6 nitrogen and oxygen atoms in total. The average Bonchev–Trinajstić information content (AvgIpc) is 2.99. The van der Waals surface area contributed by atoms with E-state index in [4.69, 9.17) is 11.6 Å². The number of halogens is 1. The molecule has 1 unspecified atom stereocenters. The molecule has 8 heteroatoms. The van der Waals surface area contributed by atoms with Crippen molar-refractivity contribution in [3.8, 4) is 0 Å². The predicted octanol–water partition coefficient (Wildman–Crippen LogP) is 1.87. The predicted molar refractivity (Wildman–Crippen MR) is 89.6 cm³/mol.